The van der Waals surface area contributed by atoms with E-state index in [0.29, 0.717) is 50.1 Å². The highest BCUT2D eigenvalue weighted by atomic mass is 79.9. The first-order valence-electron chi connectivity index (χ1n) is 15.5. The monoisotopic (exact) mass is 707 g/mol. The number of halogens is 1. The number of nitrogens with zero attached hydrogens (tertiary/aromatic N) is 6. The number of nitrogens with one attached hydrogen (secondary N) is 1. The van der Waals surface area contributed by atoms with Crippen LogP contribution in [0.4, 0.5) is 0 Å². The number of aromatic nitrogens is 4. The molecule has 0 unspecified atom stereocenters. The standard InChI is InChI=1S/C35H30BrN7O5/c1-20-18-42-30(19-41(20)34(45)22-7-14-29(36)24(15-22)16-37)31(43(35(42)46)25-8-10-26(11-9-25)48-27-12-13-27)32(44)38-17-23-5-3-4-6-28(23)33-40-39-21(2)47-33/h3-11,14-15,20,27H,12-13,17-19H2,1-2H3,(H,38,44)/t20-/m0/s1. The SMILES string of the molecule is Cc1nnc(-c2ccccc2CNC(=O)c2c3n(c(=O)n2-c2ccc(OC4CC4)cc2)C[C@H](C)N(C(=O)c2ccc(Br)c(C#N)c2)C3)o1. The van der Waals surface area contributed by atoms with Crippen molar-refractivity contribution in [3.8, 4) is 29.0 Å². The van der Waals surface area contributed by atoms with E-state index in [2.05, 4.69) is 37.5 Å². The van der Waals surface area contributed by atoms with Gasteiger partial charge in [0.15, 0.2) is 0 Å². The number of amides is 2. The van der Waals surface area contributed by atoms with E-state index >= 15 is 0 Å². The second-order valence-corrected chi connectivity index (χ2v) is 12.7. The van der Waals surface area contributed by atoms with Crippen LogP contribution in [0.5, 0.6) is 5.75 Å². The zero-order valence-electron chi connectivity index (χ0n) is 26.1. The lowest BCUT2D eigenvalue weighted by molar-refractivity contribution is 0.0610. The van der Waals surface area contributed by atoms with Crippen LogP contribution in [0.3, 0.4) is 0 Å². The van der Waals surface area contributed by atoms with Crippen LogP contribution in [-0.2, 0) is 19.6 Å². The molecular weight excluding hydrogens is 678 g/mol. The summed E-state index contributed by atoms with van der Waals surface area (Å²) in [6.45, 7) is 3.85. The van der Waals surface area contributed by atoms with Gasteiger partial charge in [0, 0.05) is 41.7 Å². The van der Waals surface area contributed by atoms with E-state index < -0.39 is 5.91 Å². The number of nitriles is 1. The van der Waals surface area contributed by atoms with Crippen LogP contribution in [0.15, 0.2) is 80.4 Å². The van der Waals surface area contributed by atoms with Crippen LogP contribution in [0.25, 0.3) is 17.1 Å². The van der Waals surface area contributed by atoms with Crippen molar-refractivity contribution in [2.45, 2.75) is 58.5 Å². The summed E-state index contributed by atoms with van der Waals surface area (Å²) in [5, 5.41) is 20.6. The maximum absolute atomic E-state index is 14.2. The van der Waals surface area contributed by atoms with E-state index in [-0.39, 0.29) is 49.1 Å². The number of rotatable bonds is 8. The predicted octanol–water partition coefficient (Wildman–Crippen LogP) is 5.15. The predicted molar refractivity (Wildman–Crippen MR) is 178 cm³/mol. The fourth-order valence-electron chi connectivity index (χ4n) is 5.87. The molecule has 48 heavy (non-hydrogen) atoms. The van der Waals surface area contributed by atoms with Crippen LogP contribution in [0.1, 0.15) is 63.3 Å². The Morgan fingerprint density at radius 3 is 2.58 bits per heavy atom. The number of aryl methyl sites for hydroxylation is 1. The molecule has 1 atom stereocenters. The van der Waals surface area contributed by atoms with E-state index in [1.165, 1.54) is 10.6 Å². The summed E-state index contributed by atoms with van der Waals surface area (Å²) in [4.78, 5) is 43.8. The molecule has 0 saturated heterocycles. The Balaban J connectivity index is 1.26. The number of fused-ring (bicyclic) bond motifs is 1. The minimum Gasteiger partial charge on any atom is -0.490 e. The molecule has 3 aromatic carbocycles. The Labute approximate surface area is 283 Å². The minimum absolute atomic E-state index is 0.00364. The summed E-state index contributed by atoms with van der Waals surface area (Å²) in [5.74, 6) is 0.637. The highest BCUT2D eigenvalue weighted by Crippen LogP contribution is 2.29. The minimum atomic E-state index is -0.493. The third kappa shape index (κ3) is 5.91. The topological polar surface area (TPSA) is 148 Å². The van der Waals surface area contributed by atoms with Gasteiger partial charge in [-0.1, -0.05) is 18.2 Å². The highest BCUT2D eigenvalue weighted by Gasteiger charge is 2.35. The molecule has 12 nitrogen and oxygen atoms in total. The van der Waals surface area contributed by atoms with Gasteiger partial charge in [-0.25, -0.2) is 4.79 Å². The van der Waals surface area contributed by atoms with E-state index in [0.717, 1.165) is 18.4 Å². The van der Waals surface area contributed by atoms with Gasteiger partial charge in [-0.05, 0) is 89.8 Å². The number of ether oxygens (including phenoxy) is 1. The number of hydrogen-bond donors (Lipinski definition) is 1. The molecule has 1 saturated carbocycles. The number of benzene rings is 3. The zero-order valence-corrected chi connectivity index (χ0v) is 27.7. The molecule has 242 valence electrons. The van der Waals surface area contributed by atoms with Gasteiger partial charge in [0.25, 0.3) is 11.8 Å². The summed E-state index contributed by atoms with van der Waals surface area (Å²) >= 11 is 3.34. The summed E-state index contributed by atoms with van der Waals surface area (Å²) < 4.78 is 15.1. The molecular formula is C35H30BrN7O5. The molecule has 3 heterocycles. The van der Waals surface area contributed by atoms with E-state index in [9.17, 15) is 19.6 Å². The maximum atomic E-state index is 14.2. The Hall–Kier alpha value is -5.48. The first-order valence-corrected chi connectivity index (χ1v) is 16.3. The molecule has 0 bridgehead atoms. The normalized spacial score (nSPS) is 15.5. The van der Waals surface area contributed by atoms with Crippen molar-refractivity contribution in [1.82, 2.24) is 29.5 Å². The third-order valence-electron chi connectivity index (χ3n) is 8.49. The molecule has 5 aromatic rings. The van der Waals surface area contributed by atoms with Crippen molar-refractivity contribution < 1.29 is 18.7 Å². The Kier molecular flexibility index (Phi) is 8.18. The quantitative estimate of drug-likeness (QED) is 0.233. The van der Waals surface area contributed by atoms with E-state index in [1.807, 2.05) is 31.2 Å². The first-order chi connectivity index (χ1) is 23.2. The van der Waals surface area contributed by atoms with Gasteiger partial charge in [-0.2, -0.15) is 5.26 Å². The first kappa shape index (κ1) is 31.1. The molecule has 2 aliphatic rings. The van der Waals surface area contributed by atoms with Crippen LogP contribution in [0, 0.1) is 18.3 Å². The van der Waals surface area contributed by atoms with Crippen molar-refractivity contribution in [3.05, 3.63) is 116 Å². The number of imidazole rings is 1. The van der Waals surface area contributed by atoms with Crippen LogP contribution in [0.2, 0.25) is 0 Å². The summed E-state index contributed by atoms with van der Waals surface area (Å²) in [5.41, 5.74) is 2.72. The van der Waals surface area contributed by atoms with Crippen LogP contribution < -0.4 is 15.7 Å². The molecule has 1 fully saturated rings. The molecule has 1 N–H and O–H groups in total. The lowest BCUT2D eigenvalue weighted by atomic mass is 10.1. The van der Waals surface area contributed by atoms with Crippen molar-refractivity contribution in [3.63, 3.8) is 0 Å². The van der Waals surface area contributed by atoms with Crippen LogP contribution >= 0.6 is 15.9 Å². The Bertz CT molecular complexity index is 2160. The maximum Gasteiger partial charge on any atom is 0.333 e. The summed E-state index contributed by atoms with van der Waals surface area (Å²) in [6, 6.07) is 21.0. The molecule has 2 aromatic heterocycles. The second-order valence-electron chi connectivity index (χ2n) is 11.9. The van der Waals surface area contributed by atoms with Gasteiger partial charge in [-0.15, -0.1) is 10.2 Å². The largest absolute Gasteiger partial charge is 0.490 e. The van der Waals surface area contributed by atoms with Gasteiger partial charge in [0.2, 0.25) is 11.8 Å². The van der Waals surface area contributed by atoms with Gasteiger partial charge < -0.3 is 19.4 Å². The molecule has 1 aliphatic carbocycles. The molecule has 0 radical (unpaired) electrons. The lowest BCUT2D eigenvalue weighted by Crippen LogP contribution is -2.47. The highest BCUT2D eigenvalue weighted by molar-refractivity contribution is 9.10. The lowest BCUT2D eigenvalue weighted by Gasteiger charge is -2.34. The number of carbonyl (C=O) groups excluding carboxylic acids is 2. The molecule has 13 heteroatoms. The van der Waals surface area contributed by atoms with Crippen molar-refractivity contribution in [1.29, 1.82) is 5.26 Å². The Morgan fingerprint density at radius 2 is 1.88 bits per heavy atom. The zero-order chi connectivity index (χ0) is 33.5. The van der Waals surface area contributed by atoms with Gasteiger partial charge in [-0.3, -0.25) is 18.7 Å². The van der Waals surface area contributed by atoms with Crippen molar-refractivity contribution in [2.24, 2.45) is 0 Å². The third-order valence-corrected chi connectivity index (χ3v) is 9.18. The molecule has 2 amide bonds. The van der Waals surface area contributed by atoms with Crippen molar-refractivity contribution in [2.75, 3.05) is 0 Å². The summed E-state index contributed by atoms with van der Waals surface area (Å²) in [7, 11) is 0. The van der Waals surface area contributed by atoms with Gasteiger partial charge in [0.1, 0.15) is 17.5 Å². The second kappa shape index (κ2) is 12.6. The van der Waals surface area contributed by atoms with Crippen LogP contribution in [-0.4, -0.2) is 48.2 Å². The smallest absolute Gasteiger partial charge is 0.333 e. The number of carbonyl (C=O) groups is 2. The average Bonchev–Trinajstić information content (AvgIpc) is 3.73. The molecule has 0 spiro atoms. The van der Waals surface area contributed by atoms with E-state index in [4.69, 9.17) is 9.15 Å². The van der Waals surface area contributed by atoms with E-state index in [1.54, 1.807) is 52.8 Å². The van der Waals surface area contributed by atoms with Gasteiger partial charge >= 0.3 is 5.69 Å². The average molecular weight is 709 g/mol. The fourth-order valence-corrected chi connectivity index (χ4v) is 6.21. The van der Waals surface area contributed by atoms with Gasteiger partial charge in [0.05, 0.1) is 29.6 Å². The fraction of sp³-hybridized carbons (Fsp3) is 0.257. The number of hydrogen-bond acceptors (Lipinski definition) is 8. The Morgan fingerprint density at radius 1 is 1.10 bits per heavy atom. The van der Waals surface area contributed by atoms with Crippen molar-refractivity contribution >= 4 is 27.7 Å². The molecule has 1 aliphatic heterocycles. The summed E-state index contributed by atoms with van der Waals surface area (Å²) in [6.07, 6.45) is 2.23. The molecule has 7 rings (SSSR count).